The second kappa shape index (κ2) is 6.77. The van der Waals surface area contributed by atoms with Crippen LogP contribution in [0.2, 0.25) is 0 Å². The Morgan fingerprint density at radius 2 is 2.17 bits per heavy atom. The third-order valence-corrected chi connectivity index (χ3v) is 5.01. The standard InChI is InChI=1S/C19H25N3O2/c1-13-11-16(14(2)22(13)18-9-4-5-10-20-18)19(24)21(3)12-15-7-6-8-17(15)23/h4-5,9-11,15,17,23H,6-8,12H2,1-3H3. The van der Waals surface area contributed by atoms with E-state index in [0.717, 1.165) is 36.5 Å². The van der Waals surface area contributed by atoms with Gasteiger partial charge < -0.3 is 14.6 Å². The Kier molecular flexibility index (Phi) is 4.71. The molecule has 0 saturated heterocycles. The lowest BCUT2D eigenvalue weighted by atomic mass is 10.1. The minimum Gasteiger partial charge on any atom is -0.393 e. The predicted molar refractivity (Wildman–Crippen MR) is 93.3 cm³/mol. The number of aryl methyl sites for hydroxylation is 1. The van der Waals surface area contributed by atoms with Crippen molar-refractivity contribution in [3.05, 3.63) is 47.4 Å². The van der Waals surface area contributed by atoms with Crippen LogP contribution in [-0.4, -0.2) is 45.2 Å². The summed E-state index contributed by atoms with van der Waals surface area (Å²) in [5.74, 6) is 1.02. The third-order valence-electron chi connectivity index (χ3n) is 5.01. The van der Waals surface area contributed by atoms with Crippen LogP contribution in [0, 0.1) is 19.8 Å². The first-order chi connectivity index (χ1) is 11.5. The predicted octanol–water partition coefficient (Wildman–Crippen LogP) is 2.72. The topological polar surface area (TPSA) is 58.4 Å². The highest BCUT2D eigenvalue weighted by atomic mass is 16.3. The zero-order chi connectivity index (χ0) is 17.3. The maximum absolute atomic E-state index is 12.9. The van der Waals surface area contributed by atoms with Crippen molar-refractivity contribution in [2.45, 2.75) is 39.2 Å². The highest BCUT2D eigenvalue weighted by Gasteiger charge is 2.28. The third kappa shape index (κ3) is 3.08. The van der Waals surface area contributed by atoms with Gasteiger partial charge in [0, 0.05) is 37.1 Å². The largest absolute Gasteiger partial charge is 0.393 e. The van der Waals surface area contributed by atoms with Crippen LogP contribution < -0.4 is 0 Å². The molecule has 2 atom stereocenters. The molecule has 1 saturated carbocycles. The van der Waals surface area contributed by atoms with E-state index in [4.69, 9.17) is 0 Å². The average Bonchev–Trinajstić information content (AvgIpc) is 3.10. The molecule has 0 radical (unpaired) electrons. The van der Waals surface area contributed by atoms with Gasteiger partial charge in [0.05, 0.1) is 11.7 Å². The van der Waals surface area contributed by atoms with Crippen LogP contribution in [0.1, 0.15) is 41.0 Å². The van der Waals surface area contributed by atoms with Gasteiger partial charge in [0.25, 0.3) is 5.91 Å². The van der Waals surface area contributed by atoms with Crippen LogP contribution in [0.15, 0.2) is 30.5 Å². The number of rotatable bonds is 4. The fraction of sp³-hybridized carbons (Fsp3) is 0.474. The van der Waals surface area contributed by atoms with Crippen LogP contribution in [0.5, 0.6) is 0 Å². The van der Waals surface area contributed by atoms with E-state index in [2.05, 4.69) is 4.98 Å². The van der Waals surface area contributed by atoms with E-state index in [0.29, 0.717) is 12.1 Å². The number of aromatic nitrogens is 2. The van der Waals surface area contributed by atoms with Crippen molar-refractivity contribution in [2.75, 3.05) is 13.6 Å². The minimum absolute atomic E-state index is 0.00406. The second-order valence-electron chi connectivity index (χ2n) is 6.75. The molecule has 128 valence electrons. The summed E-state index contributed by atoms with van der Waals surface area (Å²) in [6, 6.07) is 7.68. The molecule has 24 heavy (non-hydrogen) atoms. The van der Waals surface area contributed by atoms with Gasteiger partial charge in [-0.2, -0.15) is 0 Å². The maximum atomic E-state index is 12.9. The molecule has 0 bridgehead atoms. The molecule has 1 N–H and O–H groups in total. The Bertz CT molecular complexity index is 724. The van der Waals surface area contributed by atoms with Crippen LogP contribution in [0.4, 0.5) is 0 Å². The Labute approximate surface area is 142 Å². The van der Waals surface area contributed by atoms with Crippen molar-refractivity contribution in [3.63, 3.8) is 0 Å². The molecule has 2 aromatic heterocycles. The first-order valence-corrected chi connectivity index (χ1v) is 8.53. The SMILES string of the molecule is Cc1cc(C(=O)N(C)CC2CCCC2O)c(C)n1-c1ccccn1. The fourth-order valence-electron chi connectivity index (χ4n) is 3.69. The quantitative estimate of drug-likeness (QED) is 0.939. The van der Waals surface area contributed by atoms with Crippen LogP contribution in [-0.2, 0) is 0 Å². The first kappa shape index (κ1) is 16.7. The molecule has 1 amide bonds. The molecule has 1 aliphatic rings. The second-order valence-corrected chi connectivity index (χ2v) is 6.75. The van der Waals surface area contributed by atoms with Gasteiger partial charge in [-0.3, -0.25) is 4.79 Å². The molecule has 0 spiro atoms. The molecule has 2 aromatic rings. The van der Waals surface area contributed by atoms with E-state index in [-0.39, 0.29) is 17.9 Å². The molecule has 0 aliphatic heterocycles. The summed E-state index contributed by atoms with van der Waals surface area (Å²) in [4.78, 5) is 19.0. The Morgan fingerprint density at radius 1 is 1.38 bits per heavy atom. The lowest BCUT2D eigenvalue weighted by Crippen LogP contribution is -2.34. The first-order valence-electron chi connectivity index (χ1n) is 8.53. The molecule has 3 rings (SSSR count). The Hall–Kier alpha value is -2.14. The van der Waals surface area contributed by atoms with Crippen LogP contribution in [0.25, 0.3) is 5.82 Å². The van der Waals surface area contributed by atoms with Crippen molar-refractivity contribution in [1.82, 2.24) is 14.5 Å². The van der Waals surface area contributed by atoms with Gasteiger partial charge in [-0.1, -0.05) is 12.5 Å². The summed E-state index contributed by atoms with van der Waals surface area (Å²) in [7, 11) is 1.82. The van der Waals surface area contributed by atoms with Gasteiger partial charge in [0.1, 0.15) is 5.82 Å². The van der Waals surface area contributed by atoms with Crippen molar-refractivity contribution in [3.8, 4) is 5.82 Å². The Morgan fingerprint density at radius 3 is 2.79 bits per heavy atom. The summed E-state index contributed by atoms with van der Waals surface area (Å²) < 4.78 is 2.01. The van der Waals surface area contributed by atoms with E-state index in [1.165, 1.54) is 0 Å². The number of hydrogen-bond donors (Lipinski definition) is 1. The number of hydrogen-bond acceptors (Lipinski definition) is 3. The smallest absolute Gasteiger partial charge is 0.255 e. The molecule has 2 unspecified atom stereocenters. The van der Waals surface area contributed by atoms with Gasteiger partial charge in [-0.15, -0.1) is 0 Å². The molecule has 1 fully saturated rings. The average molecular weight is 327 g/mol. The lowest BCUT2D eigenvalue weighted by molar-refractivity contribution is 0.0693. The van der Waals surface area contributed by atoms with Gasteiger partial charge in [0.15, 0.2) is 0 Å². The zero-order valence-electron chi connectivity index (χ0n) is 14.6. The maximum Gasteiger partial charge on any atom is 0.255 e. The van der Waals surface area contributed by atoms with Gasteiger partial charge in [-0.25, -0.2) is 4.98 Å². The molecular formula is C19H25N3O2. The van der Waals surface area contributed by atoms with E-state index in [1.807, 2.05) is 49.7 Å². The summed E-state index contributed by atoms with van der Waals surface area (Å²) >= 11 is 0. The summed E-state index contributed by atoms with van der Waals surface area (Å²) in [6.45, 7) is 4.54. The van der Waals surface area contributed by atoms with E-state index in [9.17, 15) is 9.90 Å². The minimum atomic E-state index is -0.277. The number of nitrogens with zero attached hydrogens (tertiary/aromatic N) is 3. The normalized spacial score (nSPS) is 20.3. The molecule has 5 nitrogen and oxygen atoms in total. The van der Waals surface area contributed by atoms with Gasteiger partial charge >= 0.3 is 0 Å². The summed E-state index contributed by atoms with van der Waals surface area (Å²) in [6.07, 6.45) is 4.36. The summed E-state index contributed by atoms with van der Waals surface area (Å²) in [5, 5.41) is 9.99. The number of carbonyl (C=O) groups is 1. The Balaban J connectivity index is 1.83. The molecule has 5 heteroatoms. The molecule has 0 aromatic carbocycles. The van der Waals surface area contributed by atoms with Crippen molar-refractivity contribution < 1.29 is 9.90 Å². The number of carbonyl (C=O) groups excluding carboxylic acids is 1. The lowest BCUT2D eigenvalue weighted by Gasteiger charge is -2.23. The van der Waals surface area contributed by atoms with Gasteiger partial charge in [0.2, 0.25) is 0 Å². The zero-order valence-corrected chi connectivity index (χ0v) is 14.6. The van der Waals surface area contributed by atoms with E-state index < -0.39 is 0 Å². The molecular weight excluding hydrogens is 302 g/mol. The van der Waals surface area contributed by atoms with Crippen molar-refractivity contribution in [2.24, 2.45) is 5.92 Å². The van der Waals surface area contributed by atoms with E-state index >= 15 is 0 Å². The highest BCUT2D eigenvalue weighted by Crippen LogP contribution is 2.27. The van der Waals surface area contributed by atoms with Crippen LogP contribution >= 0.6 is 0 Å². The van der Waals surface area contributed by atoms with E-state index in [1.54, 1.807) is 11.1 Å². The fourth-order valence-corrected chi connectivity index (χ4v) is 3.69. The van der Waals surface area contributed by atoms with Gasteiger partial charge in [-0.05, 0) is 44.9 Å². The number of amides is 1. The monoisotopic (exact) mass is 327 g/mol. The molecule has 2 heterocycles. The highest BCUT2D eigenvalue weighted by molar-refractivity contribution is 5.95. The summed E-state index contributed by atoms with van der Waals surface area (Å²) in [5.41, 5.74) is 2.59. The number of aliphatic hydroxyl groups is 1. The molecule has 1 aliphatic carbocycles. The van der Waals surface area contributed by atoms with Crippen molar-refractivity contribution in [1.29, 1.82) is 0 Å². The number of pyridine rings is 1. The number of aliphatic hydroxyl groups excluding tert-OH is 1. The van der Waals surface area contributed by atoms with Crippen LogP contribution in [0.3, 0.4) is 0 Å². The van der Waals surface area contributed by atoms with Crippen molar-refractivity contribution >= 4 is 5.91 Å².